The predicted octanol–water partition coefficient (Wildman–Crippen LogP) is 3.14. The van der Waals surface area contributed by atoms with Gasteiger partial charge >= 0.3 is 0 Å². The lowest BCUT2D eigenvalue weighted by Crippen LogP contribution is -2.59. The lowest BCUT2D eigenvalue weighted by atomic mass is 9.62. The summed E-state index contributed by atoms with van der Waals surface area (Å²) in [5.74, 6) is 3.11. The third kappa shape index (κ3) is 2.44. The summed E-state index contributed by atoms with van der Waals surface area (Å²) in [6.07, 6.45) is 2.72. The van der Waals surface area contributed by atoms with Crippen LogP contribution in [0.3, 0.4) is 0 Å². The molecular weight excluding hydrogens is 322 g/mol. The van der Waals surface area contributed by atoms with E-state index in [0.29, 0.717) is 16.6 Å². The van der Waals surface area contributed by atoms with Gasteiger partial charge in [-0.25, -0.2) is 0 Å². The van der Waals surface area contributed by atoms with Gasteiger partial charge in [-0.05, 0) is 60.8 Å². The van der Waals surface area contributed by atoms with E-state index in [4.69, 9.17) is 11.6 Å². The van der Waals surface area contributed by atoms with Gasteiger partial charge in [0.15, 0.2) is 0 Å². The van der Waals surface area contributed by atoms with Crippen molar-refractivity contribution < 1.29 is 4.79 Å². The fourth-order valence-corrected chi connectivity index (χ4v) is 5.55. The first-order valence-electron chi connectivity index (χ1n) is 8.94. The smallest absolute Gasteiger partial charge is 0.267 e. The molecule has 1 amide bonds. The van der Waals surface area contributed by atoms with Crippen LogP contribution in [0.2, 0.25) is 5.02 Å². The number of nitrogens with one attached hydrogen (secondary N) is 2. The highest BCUT2D eigenvalue weighted by Gasteiger charge is 2.47. The minimum absolute atomic E-state index is 0.00330. The highest BCUT2D eigenvalue weighted by Crippen LogP contribution is 2.46. The second kappa shape index (κ2) is 5.50. The Hall–Kier alpha value is -1.52. The second-order valence-electron chi connectivity index (χ2n) is 7.86. The minimum atomic E-state index is -0.00330. The molecule has 24 heavy (non-hydrogen) atoms. The Morgan fingerprint density at radius 3 is 2.75 bits per heavy atom. The lowest BCUT2D eigenvalue weighted by Gasteiger charge is -2.56. The number of halogens is 1. The fourth-order valence-electron chi connectivity index (χ4n) is 5.37. The summed E-state index contributed by atoms with van der Waals surface area (Å²) in [7, 11) is 0. The van der Waals surface area contributed by atoms with Crippen LogP contribution in [0.4, 0.5) is 0 Å². The van der Waals surface area contributed by atoms with E-state index in [1.54, 1.807) is 0 Å². The van der Waals surface area contributed by atoms with Crippen molar-refractivity contribution in [3.05, 3.63) is 35.0 Å². The minimum Gasteiger partial charge on any atom is -0.351 e. The number of amides is 1. The van der Waals surface area contributed by atoms with Crippen molar-refractivity contribution in [2.24, 2.45) is 23.7 Å². The quantitative estimate of drug-likeness (QED) is 0.899. The largest absolute Gasteiger partial charge is 0.351 e. The van der Waals surface area contributed by atoms with Gasteiger partial charge in [-0.3, -0.25) is 4.79 Å². The Kier molecular flexibility index (Phi) is 3.39. The van der Waals surface area contributed by atoms with Crippen molar-refractivity contribution in [3.8, 4) is 0 Å². The van der Waals surface area contributed by atoms with Gasteiger partial charge in [0.2, 0.25) is 0 Å². The Morgan fingerprint density at radius 1 is 1.21 bits per heavy atom. The summed E-state index contributed by atoms with van der Waals surface area (Å²) in [4.78, 5) is 18.4. The molecule has 5 atom stereocenters. The van der Waals surface area contributed by atoms with E-state index in [2.05, 4.69) is 15.2 Å². The number of benzene rings is 1. The van der Waals surface area contributed by atoms with Crippen LogP contribution in [-0.4, -0.2) is 42.0 Å². The maximum Gasteiger partial charge on any atom is 0.267 e. The van der Waals surface area contributed by atoms with Crippen LogP contribution >= 0.6 is 11.6 Å². The van der Waals surface area contributed by atoms with Crippen LogP contribution in [0.25, 0.3) is 10.9 Å². The highest BCUT2D eigenvalue weighted by molar-refractivity contribution is 6.31. The first-order chi connectivity index (χ1) is 11.7. The molecule has 4 aliphatic rings. The molecule has 1 aromatic heterocycles. The van der Waals surface area contributed by atoms with Crippen LogP contribution in [0.5, 0.6) is 0 Å². The number of H-pyrrole nitrogens is 1. The van der Waals surface area contributed by atoms with Crippen molar-refractivity contribution in [1.82, 2.24) is 15.2 Å². The zero-order valence-corrected chi connectivity index (χ0v) is 14.4. The molecule has 4 nitrogen and oxygen atoms in total. The first-order valence-corrected chi connectivity index (χ1v) is 9.32. The molecule has 0 spiro atoms. The molecule has 2 N–H and O–H groups in total. The van der Waals surface area contributed by atoms with Gasteiger partial charge in [0.1, 0.15) is 5.69 Å². The molecule has 126 valence electrons. The lowest BCUT2D eigenvalue weighted by molar-refractivity contribution is -0.0624. The molecule has 1 aliphatic carbocycles. The molecule has 4 heterocycles. The van der Waals surface area contributed by atoms with Crippen molar-refractivity contribution in [3.63, 3.8) is 0 Å². The average molecular weight is 344 g/mol. The standard InChI is InChI=1S/C19H22ClN3O/c20-15-1-2-17-12(5-15)6-18(22-17)19(24)21-7-16-13-3-11-4-14(16)10-23(8-11)9-13/h1-2,5-6,11,13-14,16,22H,3-4,7-10H2,(H,21,24)/t11?,13-,14+,16?. The summed E-state index contributed by atoms with van der Waals surface area (Å²) in [5, 5.41) is 4.85. The zero-order chi connectivity index (χ0) is 16.3. The van der Waals surface area contributed by atoms with Crippen LogP contribution < -0.4 is 5.32 Å². The van der Waals surface area contributed by atoms with E-state index in [0.717, 1.165) is 35.2 Å². The zero-order valence-electron chi connectivity index (χ0n) is 13.6. The topological polar surface area (TPSA) is 48.1 Å². The van der Waals surface area contributed by atoms with Gasteiger partial charge in [0.25, 0.3) is 5.91 Å². The van der Waals surface area contributed by atoms with E-state index < -0.39 is 0 Å². The van der Waals surface area contributed by atoms with Crippen LogP contribution in [0, 0.1) is 23.7 Å². The summed E-state index contributed by atoms with van der Waals surface area (Å²) < 4.78 is 0. The van der Waals surface area contributed by atoms with E-state index in [9.17, 15) is 4.79 Å². The molecule has 3 unspecified atom stereocenters. The van der Waals surface area contributed by atoms with Crippen molar-refractivity contribution in [2.45, 2.75) is 12.8 Å². The fraction of sp³-hybridized carbons (Fsp3) is 0.526. The van der Waals surface area contributed by atoms with Gasteiger partial charge in [-0.2, -0.15) is 0 Å². The van der Waals surface area contributed by atoms with Gasteiger partial charge < -0.3 is 15.2 Å². The molecule has 3 saturated heterocycles. The number of carbonyl (C=O) groups excluding carboxylic acids is 1. The average Bonchev–Trinajstić information content (AvgIpc) is 2.96. The van der Waals surface area contributed by atoms with Gasteiger partial charge in [0.05, 0.1) is 0 Å². The van der Waals surface area contributed by atoms with E-state index in [1.807, 2.05) is 24.3 Å². The molecular formula is C19H22ClN3O. The molecule has 1 aromatic carbocycles. The van der Waals surface area contributed by atoms with Gasteiger partial charge in [-0.15, -0.1) is 0 Å². The molecule has 6 rings (SSSR count). The Bertz CT molecular complexity index is 771. The third-order valence-corrected chi connectivity index (χ3v) is 6.55. The van der Waals surface area contributed by atoms with Crippen LogP contribution in [-0.2, 0) is 0 Å². The predicted molar refractivity (Wildman–Crippen MR) is 95.3 cm³/mol. The summed E-state index contributed by atoms with van der Waals surface area (Å²) in [6, 6.07) is 7.53. The van der Waals surface area contributed by atoms with Gasteiger partial charge in [-0.1, -0.05) is 11.6 Å². The Balaban J connectivity index is 1.28. The molecule has 1 saturated carbocycles. The first kappa shape index (κ1) is 14.8. The monoisotopic (exact) mass is 343 g/mol. The van der Waals surface area contributed by atoms with Gasteiger partial charge in [0, 0.05) is 42.1 Å². The van der Waals surface area contributed by atoms with Crippen molar-refractivity contribution in [2.75, 3.05) is 26.2 Å². The number of hydrogen-bond acceptors (Lipinski definition) is 2. The molecule has 5 heteroatoms. The van der Waals surface area contributed by atoms with E-state index in [1.165, 1.54) is 32.5 Å². The number of fused-ring (bicyclic) bond motifs is 1. The Morgan fingerprint density at radius 2 is 2.00 bits per heavy atom. The number of aromatic nitrogens is 1. The molecule has 4 fully saturated rings. The molecule has 2 aromatic rings. The number of rotatable bonds is 3. The molecule has 4 bridgehead atoms. The van der Waals surface area contributed by atoms with Crippen molar-refractivity contribution in [1.29, 1.82) is 0 Å². The highest BCUT2D eigenvalue weighted by atomic mass is 35.5. The second-order valence-corrected chi connectivity index (χ2v) is 8.30. The molecule has 0 radical (unpaired) electrons. The maximum atomic E-state index is 12.5. The van der Waals surface area contributed by atoms with Crippen LogP contribution in [0.1, 0.15) is 23.3 Å². The molecule has 3 aliphatic heterocycles. The number of hydrogen-bond donors (Lipinski definition) is 2. The number of piperidine rings is 3. The summed E-state index contributed by atoms with van der Waals surface area (Å²) >= 11 is 6.02. The van der Waals surface area contributed by atoms with Crippen LogP contribution in [0.15, 0.2) is 24.3 Å². The van der Waals surface area contributed by atoms with Crippen molar-refractivity contribution >= 4 is 28.4 Å². The van der Waals surface area contributed by atoms with E-state index in [-0.39, 0.29) is 5.91 Å². The normalized spacial score (nSPS) is 34.0. The Labute approximate surface area is 146 Å². The summed E-state index contributed by atoms with van der Waals surface area (Å²) in [5.41, 5.74) is 1.58. The SMILES string of the molecule is O=C(NCC1[C@@H]2CC3C[C@H]1CN(C3)C2)c1cc2cc(Cl)ccc2[nH]1. The maximum absolute atomic E-state index is 12.5. The number of aromatic amines is 1. The van der Waals surface area contributed by atoms with E-state index >= 15 is 0 Å². The number of carbonyl (C=O) groups is 1. The number of nitrogens with zero attached hydrogens (tertiary/aromatic N) is 1. The summed E-state index contributed by atoms with van der Waals surface area (Å²) in [6.45, 7) is 4.59. The third-order valence-electron chi connectivity index (χ3n) is 6.31.